The fourth-order valence-electron chi connectivity index (χ4n) is 0.961. The van der Waals surface area contributed by atoms with Crippen LogP contribution in [0.25, 0.3) is 0 Å². The number of benzene rings is 1. The molecule has 0 aromatic heterocycles. The molecular weight excluding hydrogens is 282 g/mol. The van der Waals surface area contributed by atoms with E-state index >= 15 is 0 Å². The molecule has 0 fully saturated rings. The van der Waals surface area contributed by atoms with Gasteiger partial charge in [0.25, 0.3) is 17.1 Å². The molecule has 0 bridgehead atoms. The summed E-state index contributed by atoms with van der Waals surface area (Å²) < 4.78 is 0. The van der Waals surface area contributed by atoms with Crippen LogP contribution in [0.2, 0.25) is 0 Å². The zero-order chi connectivity index (χ0) is 12.5. The molecule has 1 aromatic carbocycles. The first-order valence-corrected chi connectivity index (χ1v) is 3.63. The van der Waals surface area contributed by atoms with Crippen LogP contribution in [0.3, 0.4) is 0 Å². The fraction of sp³-hybridized carbons (Fsp3) is 0. The molecule has 0 aliphatic rings. The van der Waals surface area contributed by atoms with Crippen LogP contribution in [-0.2, 0) is 17.1 Å². The minimum Gasteiger partial charge on any atom is -0.863 e. The average molecular weight is 284 g/mol. The van der Waals surface area contributed by atoms with Crippen LogP contribution in [0.15, 0.2) is 12.1 Å². The molecular formula is C6H2FeN3O7+. The number of non-ortho nitro benzene ring substituents is 1. The maximum Gasteiger partial charge on any atom is 2.00 e. The maximum atomic E-state index is 11.1. The minimum atomic E-state index is -1.46. The molecule has 0 aliphatic heterocycles. The Kier molecular flexibility index (Phi) is 4.49. The Bertz CT molecular complexity index is 467. The largest absolute Gasteiger partial charge is 2.00 e. The van der Waals surface area contributed by atoms with Gasteiger partial charge >= 0.3 is 17.1 Å². The van der Waals surface area contributed by atoms with E-state index in [1.165, 1.54) is 0 Å². The Hall–Kier alpha value is -2.26. The van der Waals surface area contributed by atoms with Crippen LogP contribution in [0.4, 0.5) is 17.1 Å². The molecule has 10 nitrogen and oxygen atoms in total. The second kappa shape index (κ2) is 5.18. The standard InChI is InChI=1S/C6H3N3O7.Fe/c10-6-4(8(13)14)1-3(7(11)12)2-5(6)9(15)16;/h1-2,10H;/q;+2/p-1. The molecule has 0 N–H and O–H groups in total. The average Bonchev–Trinajstić information content (AvgIpc) is 2.16. The summed E-state index contributed by atoms with van der Waals surface area (Å²) >= 11 is 0. The molecule has 0 amide bonds. The van der Waals surface area contributed by atoms with Gasteiger partial charge in [-0.1, -0.05) is 0 Å². The summed E-state index contributed by atoms with van der Waals surface area (Å²) in [6, 6.07) is 0.769. The Balaban J connectivity index is 0.00000256. The minimum absolute atomic E-state index is 0. The normalized spacial score (nSPS) is 9.18. The Morgan fingerprint density at radius 1 is 0.824 bits per heavy atom. The van der Waals surface area contributed by atoms with Crippen molar-refractivity contribution in [1.82, 2.24) is 0 Å². The van der Waals surface area contributed by atoms with Crippen LogP contribution in [0.1, 0.15) is 0 Å². The molecule has 0 heterocycles. The third kappa shape index (κ3) is 2.86. The smallest absolute Gasteiger partial charge is 0.863 e. The summed E-state index contributed by atoms with van der Waals surface area (Å²) in [5.41, 5.74) is -3.26. The molecule has 0 spiro atoms. The number of rotatable bonds is 3. The monoisotopic (exact) mass is 284 g/mol. The molecule has 0 saturated carbocycles. The van der Waals surface area contributed by atoms with Crippen molar-refractivity contribution in [3.8, 4) is 5.75 Å². The predicted molar refractivity (Wildman–Crippen MR) is 45.9 cm³/mol. The molecule has 0 saturated heterocycles. The second-order valence-electron chi connectivity index (χ2n) is 2.58. The van der Waals surface area contributed by atoms with Gasteiger partial charge in [-0.2, -0.15) is 0 Å². The zero-order valence-corrected chi connectivity index (χ0v) is 8.81. The van der Waals surface area contributed by atoms with Crippen LogP contribution in [0.5, 0.6) is 5.75 Å². The van der Waals surface area contributed by atoms with E-state index in [9.17, 15) is 35.4 Å². The van der Waals surface area contributed by atoms with Crippen molar-refractivity contribution in [1.29, 1.82) is 0 Å². The zero-order valence-electron chi connectivity index (χ0n) is 7.71. The van der Waals surface area contributed by atoms with Crippen LogP contribution in [-0.4, -0.2) is 14.8 Å². The molecule has 11 heteroatoms. The predicted octanol–water partition coefficient (Wildman–Crippen LogP) is 0.482. The van der Waals surface area contributed by atoms with Gasteiger partial charge in [-0.05, 0) is 0 Å². The Morgan fingerprint density at radius 2 is 1.18 bits per heavy atom. The molecule has 0 radical (unpaired) electrons. The van der Waals surface area contributed by atoms with E-state index in [4.69, 9.17) is 0 Å². The summed E-state index contributed by atoms with van der Waals surface area (Å²) in [4.78, 5) is 27.5. The molecule has 0 unspecified atom stereocenters. The summed E-state index contributed by atoms with van der Waals surface area (Å²) in [5.74, 6) is -1.46. The third-order valence-corrected chi connectivity index (χ3v) is 1.64. The molecule has 17 heavy (non-hydrogen) atoms. The maximum absolute atomic E-state index is 11.1. The van der Waals surface area contributed by atoms with E-state index in [-0.39, 0.29) is 17.1 Å². The first kappa shape index (κ1) is 14.7. The third-order valence-electron chi connectivity index (χ3n) is 1.64. The Morgan fingerprint density at radius 3 is 1.41 bits per heavy atom. The first-order valence-electron chi connectivity index (χ1n) is 3.63. The Labute approximate surface area is 103 Å². The van der Waals surface area contributed by atoms with Crippen molar-refractivity contribution < 1.29 is 36.9 Å². The number of hydrogen-bond acceptors (Lipinski definition) is 7. The van der Waals surface area contributed by atoms with Crippen molar-refractivity contribution in [2.75, 3.05) is 0 Å². The van der Waals surface area contributed by atoms with E-state index < -0.39 is 37.6 Å². The summed E-state index contributed by atoms with van der Waals surface area (Å²) in [7, 11) is 0. The molecule has 90 valence electrons. The van der Waals surface area contributed by atoms with Gasteiger partial charge < -0.3 is 5.11 Å². The van der Waals surface area contributed by atoms with E-state index in [0.29, 0.717) is 12.1 Å². The number of nitrogens with zero attached hydrogens (tertiary/aromatic N) is 3. The molecule has 1 aromatic rings. The van der Waals surface area contributed by atoms with Gasteiger partial charge in [0.05, 0.1) is 32.7 Å². The van der Waals surface area contributed by atoms with Crippen molar-refractivity contribution in [2.24, 2.45) is 0 Å². The molecule has 0 atom stereocenters. The molecule has 0 aliphatic carbocycles. The van der Waals surface area contributed by atoms with Gasteiger partial charge in [-0.25, -0.2) is 0 Å². The first-order chi connectivity index (χ1) is 7.34. The van der Waals surface area contributed by atoms with E-state index in [1.807, 2.05) is 0 Å². The molecule has 1 rings (SSSR count). The van der Waals surface area contributed by atoms with Gasteiger partial charge in [0.1, 0.15) is 0 Å². The van der Waals surface area contributed by atoms with Crippen molar-refractivity contribution in [3.05, 3.63) is 42.5 Å². The van der Waals surface area contributed by atoms with E-state index in [0.717, 1.165) is 0 Å². The van der Waals surface area contributed by atoms with Crippen LogP contribution in [0, 0.1) is 30.3 Å². The van der Waals surface area contributed by atoms with Crippen LogP contribution < -0.4 is 5.11 Å². The summed E-state index contributed by atoms with van der Waals surface area (Å²) in [6.45, 7) is 0. The van der Waals surface area contributed by atoms with E-state index in [2.05, 4.69) is 0 Å². The SMILES string of the molecule is O=[N+]([O-])c1cc([N+](=O)[O-])c([O-])c([N+](=O)[O-])c1.[Fe+2]. The number of hydrogen-bond donors (Lipinski definition) is 0. The van der Waals surface area contributed by atoms with Gasteiger partial charge in [-0.3, -0.25) is 30.3 Å². The van der Waals surface area contributed by atoms with Crippen molar-refractivity contribution in [3.63, 3.8) is 0 Å². The van der Waals surface area contributed by atoms with Gasteiger partial charge in [0.2, 0.25) is 0 Å². The van der Waals surface area contributed by atoms with Gasteiger partial charge in [0.15, 0.2) is 0 Å². The summed E-state index contributed by atoms with van der Waals surface area (Å²) in [5, 5.41) is 42.1. The van der Waals surface area contributed by atoms with E-state index in [1.54, 1.807) is 0 Å². The summed E-state index contributed by atoms with van der Waals surface area (Å²) in [6.07, 6.45) is 0. The topological polar surface area (TPSA) is 152 Å². The number of nitro benzene ring substituents is 3. The van der Waals surface area contributed by atoms with Crippen molar-refractivity contribution in [2.45, 2.75) is 0 Å². The quantitative estimate of drug-likeness (QED) is 0.444. The number of nitro groups is 3. The van der Waals surface area contributed by atoms with Gasteiger partial charge in [0, 0.05) is 0 Å². The second-order valence-corrected chi connectivity index (χ2v) is 2.58. The van der Waals surface area contributed by atoms with Gasteiger partial charge in [-0.15, -0.1) is 0 Å². The van der Waals surface area contributed by atoms with Crippen molar-refractivity contribution >= 4 is 17.1 Å². The van der Waals surface area contributed by atoms with Crippen LogP contribution >= 0.6 is 0 Å². The fourth-order valence-corrected chi connectivity index (χ4v) is 0.961.